The van der Waals surface area contributed by atoms with Gasteiger partial charge in [0.1, 0.15) is 5.60 Å². The van der Waals surface area contributed by atoms with Crippen LogP contribution in [0.4, 0.5) is 4.79 Å². The first kappa shape index (κ1) is 21.2. The lowest BCUT2D eigenvalue weighted by molar-refractivity contribution is 0.0292. The Kier molecular flexibility index (Phi) is 5.43. The Morgan fingerprint density at radius 3 is 2.42 bits per heavy atom. The molecule has 3 aromatic rings. The summed E-state index contributed by atoms with van der Waals surface area (Å²) in [5.41, 5.74) is 3.43. The number of aromatic nitrogens is 1. The van der Waals surface area contributed by atoms with Gasteiger partial charge < -0.3 is 14.7 Å². The maximum atomic E-state index is 12.3. The number of carbonyl (C=O) groups is 2. The number of fused-ring (bicyclic) bond motifs is 1. The van der Waals surface area contributed by atoms with Gasteiger partial charge >= 0.3 is 12.1 Å². The first-order valence-electron chi connectivity index (χ1n) is 10.3. The molecule has 0 spiro atoms. The average Bonchev–Trinajstić information content (AvgIpc) is 3.32. The third-order valence-electron chi connectivity index (χ3n) is 5.55. The molecule has 0 radical (unpaired) electrons. The second-order valence-electron chi connectivity index (χ2n) is 8.93. The van der Waals surface area contributed by atoms with Gasteiger partial charge in [0.25, 0.3) is 0 Å². The Balaban J connectivity index is 1.52. The molecule has 4 rings (SSSR count). The molecule has 0 saturated carbocycles. The lowest BCUT2D eigenvalue weighted by atomic mass is 9.95. The summed E-state index contributed by atoms with van der Waals surface area (Å²) in [6.07, 6.45) is 2.05. The van der Waals surface area contributed by atoms with Crippen molar-refractivity contribution in [1.29, 1.82) is 0 Å². The van der Waals surface area contributed by atoms with E-state index in [0.29, 0.717) is 24.0 Å². The third-order valence-corrected chi connectivity index (χ3v) is 5.82. The van der Waals surface area contributed by atoms with Crippen LogP contribution in [0.3, 0.4) is 0 Å². The molecule has 0 bridgehead atoms. The second-order valence-corrected chi connectivity index (χ2v) is 9.29. The first-order chi connectivity index (χ1) is 14.6. The number of nitrogens with zero attached hydrogens (tertiary/aromatic N) is 2. The second kappa shape index (κ2) is 7.93. The van der Waals surface area contributed by atoms with Crippen LogP contribution in [0.2, 0.25) is 0 Å². The molecule has 2 aromatic carbocycles. The molecule has 31 heavy (non-hydrogen) atoms. The summed E-state index contributed by atoms with van der Waals surface area (Å²) in [5.74, 6) is -0.736. The summed E-state index contributed by atoms with van der Waals surface area (Å²) in [6, 6.07) is 13.8. The van der Waals surface area contributed by atoms with E-state index in [1.165, 1.54) is 15.8 Å². The number of carbonyl (C=O) groups excluding carboxylic acids is 1. The maximum absolute atomic E-state index is 12.3. The third kappa shape index (κ3) is 4.39. The minimum atomic E-state index is -1.01. The minimum Gasteiger partial charge on any atom is -0.478 e. The molecule has 162 valence electrons. The summed E-state index contributed by atoms with van der Waals surface area (Å²) in [6.45, 7) is 6.94. The van der Waals surface area contributed by atoms with Gasteiger partial charge in [-0.15, -0.1) is 0 Å². The molecule has 1 fully saturated rings. The van der Waals surface area contributed by atoms with E-state index in [-0.39, 0.29) is 17.6 Å². The number of amides is 1. The fourth-order valence-electron chi connectivity index (χ4n) is 4.01. The van der Waals surface area contributed by atoms with Crippen LogP contribution in [-0.4, -0.2) is 44.8 Å². The number of likely N-dealkylation sites (tertiary alicyclic amines) is 1. The number of ether oxygens (including phenoxy) is 1. The van der Waals surface area contributed by atoms with Crippen molar-refractivity contribution in [3.63, 3.8) is 0 Å². The zero-order valence-electron chi connectivity index (χ0n) is 17.8. The quantitative estimate of drug-likeness (QED) is 0.564. The van der Waals surface area contributed by atoms with Gasteiger partial charge in [-0.3, -0.25) is 4.09 Å². The van der Waals surface area contributed by atoms with E-state index in [1.807, 2.05) is 51.1 Å². The molecule has 1 unspecified atom stereocenters. The van der Waals surface area contributed by atoms with Gasteiger partial charge in [0.05, 0.1) is 11.1 Å². The van der Waals surface area contributed by atoms with E-state index in [4.69, 9.17) is 16.5 Å². The molecule has 0 aliphatic carbocycles. The Bertz CT molecular complexity index is 1140. The summed E-state index contributed by atoms with van der Waals surface area (Å²) >= 11 is 6.10. The van der Waals surface area contributed by atoms with Crippen LogP contribution in [0, 0.1) is 0 Å². The van der Waals surface area contributed by atoms with Gasteiger partial charge in [-0.05, 0) is 56.0 Å². The highest BCUT2D eigenvalue weighted by atomic mass is 35.5. The smallest absolute Gasteiger partial charge is 0.410 e. The molecule has 7 heteroatoms. The van der Waals surface area contributed by atoms with Crippen LogP contribution in [-0.2, 0) is 4.74 Å². The van der Waals surface area contributed by atoms with Crippen molar-refractivity contribution in [2.24, 2.45) is 0 Å². The van der Waals surface area contributed by atoms with Crippen LogP contribution in [0.1, 0.15) is 49.0 Å². The largest absolute Gasteiger partial charge is 0.478 e. The van der Waals surface area contributed by atoms with Crippen LogP contribution in [0.25, 0.3) is 22.0 Å². The molecule has 1 aliphatic heterocycles. The normalized spacial score (nSPS) is 16.6. The fourth-order valence-corrected chi connectivity index (χ4v) is 4.26. The number of rotatable bonds is 3. The molecular formula is C24H25ClN2O4. The van der Waals surface area contributed by atoms with Crippen LogP contribution >= 0.6 is 11.8 Å². The van der Waals surface area contributed by atoms with E-state index in [2.05, 4.69) is 12.1 Å². The van der Waals surface area contributed by atoms with Crippen molar-refractivity contribution in [2.75, 3.05) is 13.1 Å². The number of carboxylic acid groups (broad SMARTS) is 1. The van der Waals surface area contributed by atoms with Crippen LogP contribution < -0.4 is 0 Å². The van der Waals surface area contributed by atoms with E-state index < -0.39 is 11.6 Å². The minimum absolute atomic E-state index is 0.177. The highest BCUT2D eigenvalue weighted by Crippen LogP contribution is 2.32. The molecule has 1 aromatic heterocycles. The molecule has 6 nitrogen and oxygen atoms in total. The van der Waals surface area contributed by atoms with Gasteiger partial charge in [-0.1, -0.05) is 30.3 Å². The summed E-state index contributed by atoms with van der Waals surface area (Å²) in [4.78, 5) is 25.6. The molecule has 1 aliphatic rings. The van der Waals surface area contributed by atoms with Gasteiger partial charge in [-0.2, -0.15) is 0 Å². The van der Waals surface area contributed by atoms with Gasteiger partial charge in [0.15, 0.2) is 0 Å². The molecular weight excluding hydrogens is 416 g/mol. The van der Waals surface area contributed by atoms with E-state index in [1.54, 1.807) is 4.90 Å². The zero-order chi connectivity index (χ0) is 22.3. The van der Waals surface area contributed by atoms with Gasteiger partial charge in [-0.25, -0.2) is 9.59 Å². The Morgan fingerprint density at radius 1 is 1.10 bits per heavy atom. The highest BCUT2D eigenvalue weighted by Gasteiger charge is 2.30. The van der Waals surface area contributed by atoms with Crippen molar-refractivity contribution >= 4 is 34.7 Å². The lowest BCUT2D eigenvalue weighted by Gasteiger charge is -2.24. The number of hydrogen-bond acceptors (Lipinski definition) is 3. The van der Waals surface area contributed by atoms with Gasteiger partial charge in [0, 0.05) is 42.4 Å². The first-order valence-corrected chi connectivity index (χ1v) is 10.6. The summed E-state index contributed by atoms with van der Waals surface area (Å²) < 4.78 is 6.79. The molecule has 1 saturated heterocycles. The zero-order valence-corrected chi connectivity index (χ0v) is 18.5. The summed E-state index contributed by atoms with van der Waals surface area (Å²) in [5, 5.41) is 10.0. The van der Waals surface area contributed by atoms with Crippen molar-refractivity contribution in [2.45, 2.75) is 38.7 Å². The van der Waals surface area contributed by atoms with E-state index in [0.717, 1.165) is 17.5 Å². The topological polar surface area (TPSA) is 71.8 Å². The Hall–Kier alpha value is -2.99. The Labute approximate surface area is 186 Å². The number of benzene rings is 2. The van der Waals surface area contributed by atoms with E-state index in [9.17, 15) is 14.7 Å². The fraction of sp³-hybridized carbons (Fsp3) is 0.333. The standard InChI is InChI=1S/C24H25ClN2O4/c1-24(2,3)31-23(30)26-11-10-18(13-26)16-6-4-15(5-7-16)17-8-9-21-19(12-17)20(22(28)29)14-27(21)25/h4-9,12,14,18H,10-11,13H2,1-3H3,(H,28,29). The number of aromatic carboxylic acids is 1. The van der Waals surface area contributed by atoms with Crippen molar-refractivity contribution in [1.82, 2.24) is 8.99 Å². The SMILES string of the molecule is CC(C)(C)OC(=O)N1CCC(c2ccc(-c3ccc4c(c3)c(C(=O)O)cn4Cl)cc2)C1. The number of carboxylic acids is 1. The lowest BCUT2D eigenvalue weighted by Crippen LogP contribution is -2.35. The van der Waals surface area contributed by atoms with Crippen LogP contribution in [0.5, 0.6) is 0 Å². The van der Waals surface area contributed by atoms with Crippen molar-refractivity contribution in [3.05, 3.63) is 59.8 Å². The van der Waals surface area contributed by atoms with Crippen molar-refractivity contribution in [3.8, 4) is 11.1 Å². The number of hydrogen-bond donors (Lipinski definition) is 1. The van der Waals surface area contributed by atoms with E-state index >= 15 is 0 Å². The predicted molar refractivity (Wildman–Crippen MR) is 121 cm³/mol. The highest BCUT2D eigenvalue weighted by molar-refractivity contribution is 6.21. The molecule has 1 N–H and O–H groups in total. The molecule has 1 atom stereocenters. The predicted octanol–water partition coefficient (Wildman–Crippen LogP) is 5.73. The molecule has 1 amide bonds. The maximum Gasteiger partial charge on any atom is 0.410 e. The summed E-state index contributed by atoms with van der Waals surface area (Å²) in [7, 11) is 0. The average molecular weight is 441 g/mol. The van der Waals surface area contributed by atoms with Gasteiger partial charge in [0.2, 0.25) is 0 Å². The number of halogens is 1. The molecule has 2 heterocycles. The monoisotopic (exact) mass is 440 g/mol. The Morgan fingerprint density at radius 2 is 1.77 bits per heavy atom. The van der Waals surface area contributed by atoms with Crippen molar-refractivity contribution < 1.29 is 19.4 Å². The van der Waals surface area contributed by atoms with Crippen LogP contribution in [0.15, 0.2) is 48.7 Å².